The Morgan fingerprint density at radius 3 is 2.63 bits per heavy atom. The fraction of sp³-hybridized carbons (Fsp3) is 0.514. The predicted octanol–water partition coefficient (Wildman–Crippen LogP) is 1.79. The summed E-state index contributed by atoms with van der Waals surface area (Å²) in [5.74, 6) is -2.50. The van der Waals surface area contributed by atoms with Gasteiger partial charge in [-0.15, -0.1) is 0 Å². The molecule has 6 N–H and O–H groups in total. The van der Waals surface area contributed by atoms with Crippen molar-refractivity contribution in [2.45, 2.75) is 103 Å². The van der Waals surface area contributed by atoms with Crippen LogP contribution < -0.4 is 27.2 Å². The number of halogens is 1. The first kappa shape index (κ1) is 37.0. The average Bonchev–Trinajstić information content (AvgIpc) is 3.47. The topological polar surface area (TPSA) is 204 Å². The first-order chi connectivity index (χ1) is 24.6. The number of aliphatic hydroxyl groups is 1. The van der Waals surface area contributed by atoms with E-state index in [1.165, 1.54) is 10.6 Å². The Morgan fingerprint density at radius 2 is 1.94 bits per heavy atom. The number of nitrogens with one attached hydrogen (secondary N) is 3. The maximum Gasteiger partial charge on any atom is 0.343 e. The monoisotopic (exact) mass is 720 g/mol. The zero-order valence-corrected chi connectivity index (χ0v) is 30.0. The van der Waals surface area contributed by atoms with Crippen LogP contribution in [0.25, 0.3) is 22.3 Å². The van der Waals surface area contributed by atoms with Gasteiger partial charge >= 0.3 is 5.97 Å². The van der Waals surface area contributed by atoms with Gasteiger partial charge in [-0.25, -0.2) is 14.2 Å². The summed E-state index contributed by atoms with van der Waals surface area (Å²) >= 11 is 0. The molecule has 3 aromatic rings. The highest BCUT2D eigenvalue weighted by Gasteiger charge is 2.46. The molecule has 1 aromatic carbocycles. The van der Waals surface area contributed by atoms with Gasteiger partial charge in [0.05, 0.1) is 53.8 Å². The van der Waals surface area contributed by atoms with Crippen molar-refractivity contribution in [2.24, 2.45) is 5.73 Å². The number of esters is 1. The average molecular weight is 721 g/mol. The Bertz CT molecular complexity index is 2060. The van der Waals surface area contributed by atoms with Gasteiger partial charge in [0.1, 0.15) is 18.5 Å². The maximum absolute atomic E-state index is 15.3. The quantitative estimate of drug-likeness (QED) is 0.112. The molecule has 4 heterocycles. The van der Waals surface area contributed by atoms with Crippen molar-refractivity contribution in [3.05, 3.63) is 61.7 Å². The van der Waals surface area contributed by atoms with E-state index in [1.807, 2.05) is 20.8 Å². The van der Waals surface area contributed by atoms with Crippen molar-refractivity contribution >= 4 is 34.6 Å². The molecule has 0 fully saturated rings. The van der Waals surface area contributed by atoms with E-state index < -0.39 is 52.4 Å². The molecule has 278 valence electrons. The fourth-order valence-electron chi connectivity index (χ4n) is 7.30. The molecule has 3 aliphatic rings. The van der Waals surface area contributed by atoms with Crippen molar-refractivity contribution < 1.29 is 38.1 Å². The third-order valence-corrected chi connectivity index (χ3v) is 10.1. The predicted molar refractivity (Wildman–Crippen MR) is 187 cm³/mol. The lowest BCUT2D eigenvalue weighted by molar-refractivity contribution is -0.172. The first-order valence-electron chi connectivity index (χ1n) is 17.6. The summed E-state index contributed by atoms with van der Waals surface area (Å²) in [4.78, 5) is 70.0. The summed E-state index contributed by atoms with van der Waals surface area (Å²) in [6.45, 7) is 8.60. The Hall–Kier alpha value is -4.73. The van der Waals surface area contributed by atoms with Gasteiger partial charge in [-0.3, -0.25) is 19.2 Å². The molecule has 2 aromatic heterocycles. The maximum atomic E-state index is 15.3. The van der Waals surface area contributed by atoms with Gasteiger partial charge in [-0.1, -0.05) is 6.92 Å². The lowest BCUT2D eigenvalue weighted by Crippen LogP contribution is -2.51. The minimum absolute atomic E-state index is 0.0194. The van der Waals surface area contributed by atoms with Gasteiger partial charge in [0.2, 0.25) is 17.7 Å². The second-order valence-electron chi connectivity index (χ2n) is 14.6. The lowest BCUT2D eigenvalue weighted by atomic mass is 9.81. The van der Waals surface area contributed by atoms with E-state index in [0.29, 0.717) is 58.2 Å². The van der Waals surface area contributed by atoms with Crippen molar-refractivity contribution in [3.63, 3.8) is 0 Å². The van der Waals surface area contributed by atoms with Crippen molar-refractivity contribution in [1.29, 1.82) is 0 Å². The van der Waals surface area contributed by atoms with Crippen molar-refractivity contribution in [2.75, 3.05) is 19.7 Å². The molecule has 0 unspecified atom stereocenters. The number of fused-ring (bicyclic) bond motifs is 5. The van der Waals surface area contributed by atoms with Crippen molar-refractivity contribution in [1.82, 2.24) is 25.5 Å². The molecule has 15 heteroatoms. The van der Waals surface area contributed by atoms with Crippen LogP contribution in [0.3, 0.4) is 0 Å². The Kier molecular flexibility index (Phi) is 9.98. The molecule has 0 bridgehead atoms. The molecule has 14 nitrogen and oxygen atoms in total. The zero-order chi connectivity index (χ0) is 37.7. The number of aryl methyl sites for hydroxylation is 1. The summed E-state index contributed by atoms with van der Waals surface area (Å²) in [5.41, 5.74) is 6.25. The van der Waals surface area contributed by atoms with Gasteiger partial charge < -0.3 is 40.8 Å². The van der Waals surface area contributed by atoms with Gasteiger partial charge in [0.15, 0.2) is 5.60 Å². The number of hydrogen-bond donors (Lipinski definition) is 5. The number of amides is 3. The van der Waals surface area contributed by atoms with Crippen LogP contribution in [0.1, 0.15) is 92.8 Å². The molecule has 0 saturated carbocycles. The summed E-state index contributed by atoms with van der Waals surface area (Å²) in [5, 5.41) is 20.5. The SMILES string of the molecule is CC[C@@]1(O)C(=O)OCc2c1cc1n(c2=O)Cc2c-1nc1cc(F)c(C)c3c1c2[C@@H](NC(=O)[C@H](COC(C)(C)C)NC(=O)CCCNC(=O)CN)CC3. The lowest BCUT2D eigenvalue weighted by Gasteiger charge is -2.31. The molecule has 0 saturated heterocycles. The highest BCUT2D eigenvalue weighted by Crippen LogP contribution is 2.46. The van der Waals surface area contributed by atoms with Gasteiger partial charge in [-0.2, -0.15) is 0 Å². The number of hydrogen-bond acceptors (Lipinski definition) is 10. The Morgan fingerprint density at radius 1 is 1.19 bits per heavy atom. The zero-order valence-electron chi connectivity index (χ0n) is 30.0. The summed E-state index contributed by atoms with van der Waals surface area (Å²) < 4.78 is 28.0. The van der Waals surface area contributed by atoms with Crippen LogP contribution in [0.15, 0.2) is 16.9 Å². The number of ether oxygens (including phenoxy) is 2. The van der Waals surface area contributed by atoms with Crippen LogP contribution in [-0.4, -0.2) is 69.7 Å². The number of carbonyl (C=O) groups is 4. The second-order valence-corrected chi connectivity index (χ2v) is 14.6. The molecule has 52 heavy (non-hydrogen) atoms. The van der Waals surface area contributed by atoms with Gasteiger partial charge in [0, 0.05) is 35.5 Å². The molecule has 0 spiro atoms. The highest BCUT2D eigenvalue weighted by molar-refractivity contribution is 5.94. The number of benzene rings is 1. The number of pyridine rings is 2. The van der Waals surface area contributed by atoms with Gasteiger partial charge in [-0.05, 0) is 76.1 Å². The van der Waals surface area contributed by atoms with Crippen molar-refractivity contribution in [3.8, 4) is 11.4 Å². The summed E-state index contributed by atoms with van der Waals surface area (Å²) in [6.07, 6.45) is 1.20. The second kappa shape index (κ2) is 14.0. The minimum atomic E-state index is -2.02. The summed E-state index contributed by atoms with van der Waals surface area (Å²) in [7, 11) is 0. The molecule has 6 rings (SSSR count). The number of rotatable bonds is 11. The third-order valence-electron chi connectivity index (χ3n) is 10.1. The molecule has 0 radical (unpaired) electrons. The molecular formula is C37H45FN6O8. The van der Waals surface area contributed by atoms with E-state index in [1.54, 1.807) is 19.9 Å². The Labute approximate surface area is 299 Å². The van der Waals surface area contributed by atoms with Crippen LogP contribution in [0.2, 0.25) is 0 Å². The van der Waals surface area contributed by atoms with E-state index in [2.05, 4.69) is 16.0 Å². The van der Waals surface area contributed by atoms with Gasteiger partial charge in [0.25, 0.3) is 5.56 Å². The highest BCUT2D eigenvalue weighted by atomic mass is 19.1. The van der Waals surface area contributed by atoms with E-state index in [4.69, 9.17) is 20.2 Å². The third kappa shape index (κ3) is 6.68. The molecular weight excluding hydrogens is 675 g/mol. The Balaban J connectivity index is 1.38. The standard InChI is InChI=1S/C37H45FN6O8/c1-6-37(50)22-12-27-32-20(15-44(27)34(48)21(22)16-51-35(37)49)31-24(10-9-19-18(2)23(38)13-25(42-32)30(19)31)43-33(47)26(17-52-36(3,4)5)41-28(45)8-7-11-40-29(46)14-39/h12-13,24,26,50H,6-11,14-17,39H2,1-5H3,(H,40,46)(H,41,45)(H,43,47)/t24-,26-,37-/m0/s1. The number of aromatic nitrogens is 2. The minimum Gasteiger partial charge on any atom is -0.458 e. The van der Waals surface area contributed by atoms with E-state index in [9.17, 15) is 29.1 Å². The first-order valence-corrected chi connectivity index (χ1v) is 17.6. The summed E-state index contributed by atoms with van der Waals surface area (Å²) in [6, 6.07) is 1.26. The van der Waals surface area contributed by atoms with E-state index in [-0.39, 0.29) is 62.7 Å². The fourth-order valence-corrected chi connectivity index (χ4v) is 7.30. The normalized spacial score (nSPS) is 19.3. The number of nitrogens with two attached hydrogens (primary N) is 1. The largest absolute Gasteiger partial charge is 0.458 e. The smallest absolute Gasteiger partial charge is 0.343 e. The molecule has 3 atom stereocenters. The van der Waals surface area contributed by atoms with E-state index >= 15 is 4.39 Å². The van der Waals surface area contributed by atoms with E-state index in [0.717, 1.165) is 5.56 Å². The molecule has 3 amide bonds. The van der Waals surface area contributed by atoms with Crippen LogP contribution in [0.5, 0.6) is 0 Å². The number of carbonyl (C=O) groups excluding carboxylic acids is 4. The number of nitrogens with zero attached hydrogens (tertiary/aromatic N) is 2. The molecule has 2 aliphatic heterocycles. The van der Waals surface area contributed by atoms with Crippen LogP contribution in [-0.2, 0) is 53.8 Å². The van der Waals surface area contributed by atoms with Crippen LogP contribution >= 0.6 is 0 Å². The van der Waals surface area contributed by atoms with Crippen LogP contribution in [0, 0.1) is 12.7 Å². The van der Waals surface area contributed by atoms with Crippen LogP contribution in [0.4, 0.5) is 4.39 Å². The number of cyclic esters (lactones) is 1. The molecule has 1 aliphatic carbocycles.